The molecule has 6 rings (SSSR count). The van der Waals surface area contributed by atoms with E-state index in [0.717, 1.165) is 6.07 Å². The lowest BCUT2D eigenvalue weighted by molar-refractivity contribution is 0.102. The Morgan fingerprint density at radius 2 is 1.75 bits per heavy atom. The number of carbonyl (C=O) groups excluding carboxylic acids is 1. The van der Waals surface area contributed by atoms with Crippen LogP contribution in [-0.4, -0.2) is 53.4 Å². The number of aromatic nitrogens is 3. The lowest BCUT2D eigenvalue weighted by atomic mass is 10.1. The molecule has 0 spiro atoms. The van der Waals surface area contributed by atoms with E-state index in [4.69, 9.17) is 14.2 Å². The maximum atomic E-state index is 15.3. The Balaban J connectivity index is 1.30. The van der Waals surface area contributed by atoms with Crippen molar-refractivity contribution in [1.29, 1.82) is 0 Å². The van der Waals surface area contributed by atoms with Gasteiger partial charge < -0.3 is 24.4 Å². The number of fused-ring (bicyclic) bond motifs is 1. The topological polar surface area (TPSA) is 111 Å². The zero-order valence-electron chi connectivity index (χ0n) is 24.1. The number of anilines is 1. The first-order valence-corrected chi connectivity index (χ1v) is 13.6. The van der Waals surface area contributed by atoms with Gasteiger partial charge >= 0.3 is 0 Å². The van der Waals surface area contributed by atoms with Gasteiger partial charge in [-0.05, 0) is 54.2 Å². The zero-order valence-corrected chi connectivity index (χ0v) is 24.1. The molecule has 0 unspecified atom stereocenters. The summed E-state index contributed by atoms with van der Waals surface area (Å²) >= 11 is 0. The van der Waals surface area contributed by atoms with Crippen LogP contribution in [0.2, 0.25) is 0 Å². The number of amides is 1. The van der Waals surface area contributed by atoms with E-state index in [2.05, 4.69) is 15.4 Å². The van der Waals surface area contributed by atoms with E-state index in [1.807, 2.05) is 36.4 Å². The Kier molecular flexibility index (Phi) is 7.59. The van der Waals surface area contributed by atoms with Crippen LogP contribution < -0.4 is 25.1 Å². The van der Waals surface area contributed by atoms with Crippen LogP contribution in [0.3, 0.4) is 0 Å². The van der Waals surface area contributed by atoms with Gasteiger partial charge in [0.25, 0.3) is 11.5 Å². The molecule has 2 aromatic heterocycles. The van der Waals surface area contributed by atoms with Crippen LogP contribution in [0.25, 0.3) is 22.2 Å². The predicted molar refractivity (Wildman–Crippen MR) is 165 cm³/mol. The molecular formula is C33H28FN5O5. The Bertz CT molecular complexity index is 2000. The van der Waals surface area contributed by atoms with Gasteiger partial charge in [-0.15, -0.1) is 0 Å². The minimum atomic E-state index is -0.717. The summed E-state index contributed by atoms with van der Waals surface area (Å²) < 4.78 is 33.3. The average molecular weight is 594 g/mol. The fourth-order valence-corrected chi connectivity index (χ4v) is 4.89. The molecule has 222 valence electrons. The highest BCUT2D eigenvalue weighted by molar-refractivity contribution is 6.07. The van der Waals surface area contributed by atoms with Crippen molar-refractivity contribution >= 4 is 28.1 Å². The first kappa shape index (κ1) is 28.3. The fourth-order valence-electron chi connectivity index (χ4n) is 4.89. The second kappa shape index (κ2) is 11.8. The maximum absolute atomic E-state index is 15.3. The Morgan fingerprint density at radius 3 is 2.45 bits per heavy atom. The highest BCUT2D eigenvalue weighted by Crippen LogP contribution is 2.37. The number of likely N-dealkylation sites (N-methyl/N-ethyl adjacent to an activating group) is 1. The molecule has 0 fully saturated rings. The summed E-state index contributed by atoms with van der Waals surface area (Å²) in [5.41, 5.74) is 1.71. The van der Waals surface area contributed by atoms with Gasteiger partial charge in [0.15, 0.2) is 23.1 Å². The molecule has 0 atom stereocenters. The number of nitrogens with one attached hydrogen (secondary N) is 2. The van der Waals surface area contributed by atoms with E-state index in [0.29, 0.717) is 51.7 Å². The van der Waals surface area contributed by atoms with E-state index in [-0.39, 0.29) is 17.0 Å². The number of para-hydroxylation sites is 1. The number of carbonyl (C=O) groups is 1. The summed E-state index contributed by atoms with van der Waals surface area (Å²) in [6.45, 7) is 0.602. The van der Waals surface area contributed by atoms with Crippen molar-refractivity contribution in [3.8, 4) is 28.7 Å². The summed E-state index contributed by atoms with van der Waals surface area (Å²) in [6.07, 6.45) is 7.14. The second-order valence-corrected chi connectivity index (χ2v) is 9.99. The summed E-state index contributed by atoms with van der Waals surface area (Å²) in [6, 6.07) is 18.0. The van der Waals surface area contributed by atoms with E-state index >= 15 is 4.39 Å². The van der Waals surface area contributed by atoms with Crippen molar-refractivity contribution < 1.29 is 23.4 Å². The van der Waals surface area contributed by atoms with Gasteiger partial charge in [0.05, 0.1) is 31.1 Å². The van der Waals surface area contributed by atoms with E-state index in [1.54, 1.807) is 48.7 Å². The van der Waals surface area contributed by atoms with Crippen LogP contribution in [-0.2, 0) is 0 Å². The van der Waals surface area contributed by atoms with Gasteiger partial charge in [-0.1, -0.05) is 24.3 Å². The van der Waals surface area contributed by atoms with Gasteiger partial charge in [-0.25, -0.2) is 9.07 Å². The van der Waals surface area contributed by atoms with E-state index < -0.39 is 17.3 Å². The van der Waals surface area contributed by atoms with Crippen molar-refractivity contribution in [2.24, 2.45) is 0 Å². The van der Waals surface area contributed by atoms with Crippen LogP contribution in [0.15, 0.2) is 96.1 Å². The van der Waals surface area contributed by atoms with Crippen LogP contribution in [0, 0.1) is 5.82 Å². The number of H-pyrrole nitrogens is 1. The smallest absolute Gasteiger partial charge is 0.284 e. The third-order valence-electron chi connectivity index (χ3n) is 7.14. The number of hydrogen-bond acceptors (Lipinski definition) is 7. The second-order valence-electron chi connectivity index (χ2n) is 9.99. The number of methoxy groups -OCH3 is 2. The maximum Gasteiger partial charge on any atom is 0.284 e. The Labute approximate surface area is 251 Å². The molecule has 0 radical (unpaired) electrons. The van der Waals surface area contributed by atoms with E-state index in [9.17, 15) is 9.59 Å². The molecular weight excluding hydrogens is 565 g/mol. The third-order valence-corrected chi connectivity index (χ3v) is 7.14. The summed E-state index contributed by atoms with van der Waals surface area (Å²) in [5, 5.41) is 6.35. The van der Waals surface area contributed by atoms with Crippen LogP contribution in [0.4, 0.5) is 10.1 Å². The van der Waals surface area contributed by atoms with Gasteiger partial charge in [0.2, 0.25) is 0 Å². The zero-order chi connectivity index (χ0) is 30.8. The van der Waals surface area contributed by atoms with E-state index in [1.165, 1.54) is 31.0 Å². The van der Waals surface area contributed by atoms with Gasteiger partial charge in [-0.3, -0.25) is 19.7 Å². The van der Waals surface area contributed by atoms with Crippen molar-refractivity contribution in [1.82, 2.24) is 19.7 Å². The average Bonchev–Trinajstić information content (AvgIpc) is 3.39. The third kappa shape index (κ3) is 5.38. The quantitative estimate of drug-likeness (QED) is 0.236. The van der Waals surface area contributed by atoms with Crippen molar-refractivity contribution in [2.45, 2.75) is 0 Å². The molecule has 0 bridgehead atoms. The predicted octanol–water partition coefficient (Wildman–Crippen LogP) is 5.76. The number of nitrogens with zero attached hydrogens (tertiary/aromatic N) is 3. The normalized spacial score (nSPS) is 12.6. The van der Waals surface area contributed by atoms with Crippen molar-refractivity contribution in [3.05, 3.63) is 119 Å². The molecule has 1 aliphatic heterocycles. The number of benzene rings is 3. The van der Waals surface area contributed by atoms with Crippen LogP contribution in [0.1, 0.15) is 16.1 Å². The number of pyridine rings is 1. The fraction of sp³-hybridized carbons (Fsp3) is 0.121. The van der Waals surface area contributed by atoms with Crippen LogP contribution in [0.5, 0.6) is 23.0 Å². The minimum Gasteiger partial charge on any atom is -0.493 e. The highest BCUT2D eigenvalue weighted by Gasteiger charge is 2.25. The van der Waals surface area contributed by atoms with Gasteiger partial charge in [-0.2, -0.15) is 0 Å². The number of rotatable bonds is 8. The molecule has 10 nitrogen and oxygen atoms in total. The number of halogens is 1. The summed E-state index contributed by atoms with van der Waals surface area (Å²) in [5.74, 6) is -0.146. The molecule has 0 aliphatic carbocycles. The lowest BCUT2D eigenvalue weighted by Crippen LogP contribution is -2.24. The van der Waals surface area contributed by atoms with Crippen LogP contribution >= 0.6 is 0 Å². The molecule has 0 saturated heterocycles. The van der Waals surface area contributed by atoms with Gasteiger partial charge in [0, 0.05) is 43.0 Å². The first-order valence-electron chi connectivity index (χ1n) is 13.6. The molecule has 5 aromatic rings. The Hall–Kier alpha value is -5.84. The lowest BCUT2D eigenvalue weighted by Gasteiger charge is -2.17. The molecule has 3 heterocycles. The number of hydrogen-bond donors (Lipinski definition) is 2. The number of ether oxygens (including phenoxy) is 3. The summed E-state index contributed by atoms with van der Waals surface area (Å²) in [7, 11) is 4.96. The largest absolute Gasteiger partial charge is 0.493 e. The molecule has 1 aliphatic rings. The van der Waals surface area contributed by atoms with Crippen molar-refractivity contribution in [3.63, 3.8) is 0 Å². The number of allylic oxidation sites excluding steroid dienone is 2. The molecule has 0 saturated carbocycles. The Morgan fingerprint density at radius 1 is 0.977 bits per heavy atom. The SMILES string of the molecule is COc1cc2nccc(Oc3ccc(NC(=O)c4c(C5=CCN(C)C=C5)[nH]n(-c5ccccc5)c4=O)cc3F)c2cc1OC. The summed E-state index contributed by atoms with van der Waals surface area (Å²) in [4.78, 5) is 33.4. The monoisotopic (exact) mass is 593 g/mol. The molecule has 11 heteroatoms. The highest BCUT2D eigenvalue weighted by atomic mass is 19.1. The first-order chi connectivity index (χ1) is 21.4. The van der Waals surface area contributed by atoms with Gasteiger partial charge in [0.1, 0.15) is 11.3 Å². The number of aromatic amines is 1. The molecule has 2 N–H and O–H groups in total. The standard InChI is InChI=1S/C33H28FN5O5/c1-38-15-12-20(13-16-38)31-30(33(41)39(37-31)22-7-5-4-6-8-22)32(40)36-21-9-10-27(24(34)17-21)44-26-11-14-35-25-19-29(43-3)28(42-2)18-23(25)26/h4-15,17-19,37H,16H2,1-3H3,(H,36,40). The molecule has 44 heavy (non-hydrogen) atoms. The molecule has 3 aromatic carbocycles. The minimum absolute atomic E-state index is 0.0688. The van der Waals surface area contributed by atoms with Crippen molar-refractivity contribution in [2.75, 3.05) is 33.1 Å². The molecule has 1 amide bonds.